The maximum atomic E-state index is 13.3. The fourth-order valence-electron chi connectivity index (χ4n) is 4.00. The van der Waals surface area contributed by atoms with Crippen LogP contribution in [0.1, 0.15) is 67.7 Å². The lowest BCUT2D eigenvalue weighted by molar-refractivity contribution is -0.131. The molecule has 7 nitrogen and oxygen atoms in total. The molecule has 2 heterocycles. The van der Waals surface area contributed by atoms with Crippen LogP contribution >= 0.6 is 0 Å². The molecule has 1 aliphatic heterocycles. The molecule has 8 heteroatoms. The Balaban J connectivity index is 1.74. The van der Waals surface area contributed by atoms with Crippen molar-refractivity contribution in [2.45, 2.75) is 58.8 Å². The lowest BCUT2D eigenvalue weighted by Gasteiger charge is -2.21. The van der Waals surface area contributed by atoms with Crippen LogP contribution in [0.25, 0.3) is 0 Å². The number of carbonyl (C=O) groups is 2. The number of aryl methyl sites for hydroxylation is 1. The molecule has 0 spiro atoms. The van der Waals surface area contributed by atoms with Gasteiger partial charge < -0.3 is 4.90 Å². The number of hydrogen-bond acceptors (Lipinski definition) is 4. The molecule has 1 aliphatic carbocycles. The highest BCUT2D eigenvalue weighted by Crippen LogP contribution is 2.25. The molecule has 1 saturated heterocycles. The number of nitrogens with zero attached hydrogens (tertiary/aromatic N) is 4. The Morgan fingerprint density at radius 1 is 1.18 bits per heavy atom. The van der Waals surface area contributed by atoms with Crippen molar-refractivity contribution in [1.82, 2.24) is 14.7 Å². The third kappa shape index (κ3) is 4.64. The highest BCUT2D eigenvalue weighted by atomic mass is 32.2. The molecule has 0 bridgehead atoms. The SMILES string of the molecule is CCC(C)CC(=O)N1CCCS(=O)(=NC(=O)c2nn(C)c3c2CCCC3)CC1. The predicted molar refractivity (Wildman–Crippen MR) is 110 cm³/mol. The van der Waals surface area contributed by atoms with E-state index in [1.165, 1.54) is 0 Å². The van der Waals surface area contributed by atoms with Gasteiger partial charge in [-0.1, -0.05) is 20.3 Å². The van der Waals surface area contributed by atoms with E-state index < -0.39 is 15.6 Å². The topological polar surface area (TPSA) is 84.6 Å². The fourth-order valence-corrected chi connectivity index (χ4v) is 5.86. The minimum Gasteiger partial charge on any atom is -0.342 e. The third-order valence-electron chi connectivity index (χ3n) is 5.96. The van der Waals surface area contributed by atoms with Crippen molar-refractivity contribution < 1.29 is 13.8 Å². The quantitative estimate of drug-likeness (QED) is 0.766. The molecular formula is C20H32N4O3S. The molecule has 0 saturated carbocycles. The minimum atomic E-state index is -2.66. The number of aromatic nitrogens is 2. The molecule has 1 aromatic heterocycles. The molecule has 1 fully saturated rings. The summed E-state index contributed by atoms with van der Waals surface area (Å²) < 4.78 is 19.2. The van der Waals surface area contributed by atoms with E-state index in [1.54, 1.807) is 9.58 Å². The number of amides is 2. The fraction of sp³-hybridized carbons (Fsp3) is 0.750. The van der Waals surface area contributed by atoms with Crippen LogP contribution < -0.4 is 0 Å². The third-order valence-corrected chi connectivity index (χ3v) is 8.21. The van der Waals surface area contributed by atoms with Gasteiger partial charge in [0.1, 0.15) is 0 Å². The van der Waals surface area contributed by atoms with Gasteiger partial charge in [-0.3, -0.25) is 14.3 Å². The maximum absolute atomic E-state index is 13.3. The zero-order valence-electron chi connectivity index (χ0n) is 17.3. The Kier molecular flexibility index (Phi) is 6.58. The standard InChI is InChI=1S/C20H32N4O3S/c1-4-15(2)14-18(25)24-10-7-12-28(27,13-11-24)22-20(26)19-16-8-5-6-9-17(16)23(3)21-19/h15H,4-14H2,1-3H3. The monoisotopic (exact) mass is 408 g/mol. The largest absolute Gasteiger partial charge is 0.342 e. The van der Waals surface area contributed by atoms with Crippen molar-refractivity contribution in [3.8, 4) is 0 Å². The lowest BCUT2D eigenvalue weighted by Crippen LogP contribution is -2.34. The summed E-state index contributed by atoms with van der Waals surface area (Å²) in [5.74, 6) is 0.633. The van der Waals surface area contributed by atoms with Crippen molar-refractivity contribution in [3.05, 3.63) is 17.0 Å². The highest BCUT2D eigenvalue weighted by molar-refractivity contribution is 7.93. The van der Waals surface area contributed by atoms with Gasteiger partial charge in [-0.2, -0.15) is 9.46 Å². The average molecular weight is 409 g/mol. The minimum absolute atomic E-state index is 0.114. The van der Waals surface area contributed by atoms with E-state index in [1.807, 2.05) is 7.05 Å². The second-order valence-corrected chi connectivity index (χ2v) is 10.7. The van der Waals surface area contributed by atoms with E-state index in [9.17, 15) is 13.8 Å². The second-order valence-electron chi connectivity index (χ2n) is 8.13. The summed E-state index contributed by atoms with van der Waals surface area (Å²) in [6.45, 7) is 5.15. The van der Waals surface area contributed by atoms with Crippen LogP contribution in [0.4, 0.5) is 0 Å². The lowest BCUT2D eigenvalue weighted by atomic mass is 9.95. The van der Waals surface area contributed by atoms with Crippen LogP contribution in [0.5, 0.6) is 0 Å². The number of carbonyl (C=O) groups excluding carboxylic acids is 2. The van der Waals surface area contributed by atoms with Crippen molar-refractivity contribution in [2.75, 3.05) is 24.6 Å². The Bertz CT molecular complexity index is 867. The molecule has 1 aromatic rings. The van der Waals surface area contributed by atoms with Crippen molar-refractivity contribution in [3.63, 3.8) is 0 Å². The molecule has 2 aliphatic rings. The van der Waals surface area contributed by atoms with Crippen LogP contribution in [0.2, 0.25) is 0 Å². The summed E-state index contributed by atoms with van der Waals surface area (Å²) in [6, 6.07) is 0. The molecule has 156 valence electrons. The highest BCUT2D eigenvalue weighted by Gasteiger charge is 2.27. The van der Waals surface area contributed by atoms with Gasteiger partial charge in [0, 0.05) is 49.3 Å². The maximum Gasteiger partial charge on any atom is 0.305 e. The van der Waals surface area contributed by atoms with Crippen LogP contribution in [0.15, 0.2) is 4.36 Å². The van der Waals surface area contributed by atoms with Crippen LogP contribution in [-0.4, -0.2) is 55.3 Å². The summed E-state index contributed by atoms with van der Waals surface area (Å²) >= 11 is 0. The van der Waals surface area contributed by atoms with Gasteiger partial charge in [-0.05, 0) is 38.0 Å². The van der Waals surface area contributed by atoms with Crippen LogP contribution in [0, 0.1) is 5.92 Å². The Morgan fingerprint density at radius 2 is 1.93 bits per heavy atom. The van der Waals surface area contributed by atoms with Crippen molar-refractivity contribution >= 4 is 21.5 Å². The Hall–Kier alpha value is -1.70. The molecule has 2 unspecified atom stereocenters. The van der Waals surface area contributed by atoms with Crippen LogP contribution in [0.3, 0.4) is 0 Å². The van der Waals surface area contributed by atoms with E-state index in [0.29, 0.717) is 43.3 Å². The average Bonchev–Trinajstić information content (AvgIpc) is 2.88. The summed E-state index contributed by atoms with van der Waals surface area (Å²) in [5, 5.41) is 4.38. The van der Waals surface area contributed by atoms with Gasteiger partial charge in [0.05, 0.1) is 9.73 Å². The molecular weight excluding hydrogens is 376 g/mol. The predicted octanol–water partition coefficient (Wildman–Crippen LogP) is 2.58. The van der Waals surface area contributed by atoms with Crippen molar-refractivity contribution in [2.24, 2.45) is 17.3 Å². The molecule has 0 aromatic carbocycles. The Morgan fingerprint density at radius 3 is 2.68 bits per heavy atom. The zero-order chi connectivity index (χ0) is 20.3. The van der Waals surface area contributed by atoms with Gasteiger partial charge in [0.25, 0.3) is 0 Å². The molecule has 0 radical (unpaired) electrons. The number of fused-ring (bicyclic) bond motifs is 1. The van der Waals surface area contributed by atoms with Crippen LogP contribution in [-0.2, 0) is 34.4 Å². The number of hydrogen-bond donors (Lipinski definition) is 0. The van der Waals surface area contributed by atoms with E-state index in [4.69, 9.17) is 0 Å². The van der Waals surface area contributed by atoms with E-state index in [0.717, 1.165) is 43.4 Å². The number of rotatable bonds is 4. The van der Waals surface area contributed by atoms with Crippen molar-refractivity contribution in [1.29, 1.82) is 0 Å². The zero-order valence-corrected chi connectivity index (χ0v) is 18.1. The van der Waals surface area contributed by atoms with Gasteiger partial charge in [-0.15, -0.1) is 0 Å². The smallest absolute Gasteiger partial charge is 0.305 e. The summed E-state index contributed by atoms with van der Waals surface area (Å²) in [4.78, 5) is 27.1. The molecule has 2 atom stereocenters. The first-order chi connectivity index (χ1) is 13.3. The molecule has 28 heavy (non-hydrogen) atoms. The van der Waals surface area contributed by atoms with Gasteiger partial charge >= 0.3 is 5.91 Å². The van der Waals surface area contributed by atoms with E-state index >= 15 is 0 Å². The first kappa shape index (κ1) is 21.0. The molecule has 0 N–H and O–H groups in total. The summed E-state index contributed by atoms with van der Waals surface area (Å²) in [6.07, 6.45) is 6.01. The van der Waals surface area contributed by atoms with Gasteiger partial charge in [-0.25, -0.2) is 4.21 Å². The summed E-state index contributed by atoms with van der Waals surface area (Å²) in [7, 11) is -0.805. The van der Waals surface area contributed by atoms with Gasteiger partial charge in [0.15, 0.2) is 5.69 Å². The van der Waals surface area contributed by atoms with E-state index in [-0.39, 0.29) is 11.7 Å². The van der Waals surface area contributed by atoms with E-state index in [2.05, 4.69) is 23.3 Å². The molecule has 3 rings (SSSR count). The first-order valence-corrected chi connectivity index (χ1v) is 12.3. The normalized spacial score (nSPS) is 23.6. The summed E-state index contributed by atoms with van der Waals surface area (Å²) in [5.41, 5.74) is 2.45. The molecule has 2 amide bonds. The second kappa shape index (κ2) is 8.76. The van der Waals surface area contributed by atoms with Gasteiger partial charge in [0.2, 0.25) is 5.91 Å². The Labute approximate surface area is 168 Å². The first-order valence-electron chi connectivity index (χ1n) is 10.4.